The van der Waals surface area contributed by atoms with Crippen molar-refractivity contribution in [3.63, 3.8) is 0 Å². The molecule has 3 aromatic rings. The van der Waals surface area contributed by atoms with Gasteiger partial charge in [0.05, 0.1) is 18.0 Å². The molecular formula is C18H19ClN10O. The summed E-state index contributed by atoms with van der Waals surface area (Å²) >= 11 is 6.27. The van der Waals surface area contributed by atoms with Crippen molar-refractivity contribution >= 4 is 46.0 Å². The van der Waals surface area contributed by atoms with Crippen molar-refractivity contribution in [3.8, 4) is 6.07 Å². The molecular weight excluding hydrogens is 408 g/mol. The normalized spacial score (nSPS) is 16.3. The standard InChI is InChI=1S/C18H19ClN10O/c1-2-13(30)28-6-3-4-11(9-28)22-16-14-15(19)26-27-17(14)25-18(24-16)23-12-8-21-29(10-12)7-5-20/h2,8,10-11H,1,3-4,6-7,9H2,(H3,22,23,24,25,26,27). The van der Waals surface area contributed by atoms with Gasteiger partial charge in [-0.15, -0.1) is 0 Å². The number of halogens is 1. The Balaban J connectivity index is 1.60. The Bertz CT molecular complexity index is 1130. The minimum atomic E-state index is -0.0904. The fraction of sp³-hybridized carbons (Fsp3) is 0.333. The number of amides is 1. The Kier molecular flexibility index (Phi) is 5.49. The Morgan fingerprint density at radius 2 is 2.37 bits per heavy atom. The van der Waals surface area contributed by atoms with Crippen molar-refractivity contribution in [2.24, 2.45) is 0 Å². The summed E-state index contributed by atoms with van der Waals surface area (Å²) in [4.78, 5) is 22.7. The van der Waals surface area contributed by atoms with E-state index in [-0.39, 0.29) is 18.5 Å². The Morgan fingerprint density at radius 1 is 1.50 bits per heavy atom. The highest BCUT2D eigenvalue weighted by atomic mass is 35.5. The third-order valence-electron chi connectivity index (χ3n) is 4.74. The number of anilines is 3. The number of nitrogens with zero attached hydrogens (tertiary/aromatic N) is 7. The van der Waals surface area contributed by atoms with Crippen molar-refractivity contribution < 1.29 is 4.79 Å². The minimum Gasteiger partial charge on any atom is -0.365 e. The van der Waals surface area contributed by atoms with E-state index in [0.29, 0.717) is 46.7 Å². The molecule has 12 heteroatoms. The molecule has 0 aliphatic carbocycles. The fourth-order valence-corrected chi connectivity index (χ4v) is 3.60. The van der Waals surface area contributed by atoms with E-state index < -0.39 is 0 Å². The van der Waals surface area contributed by atoms with Crippen LogP contribution in [0.25, 0.3) is 11.0 Å². The quantitative estimate of drug-likeness (QED) is 0.508. The van der Waals surface area contributed by atoms with E-state index >= 15 is 0 Å². The third-order valence-corrected chi connectivity index (χ3v) is 5.01. The molecule has 1 saturated heterocycles. The van der Waals surface area contributed by atoms with Crippen LogP contribution in [-0.2, 0) is 11.3 Å². The number of aromatic amines is 1. The summed E-state index contributed by atoms with van der Waals surface area (Å²) in [5.41, 5.74) is 1.04. The largest absolute Gasteiger partial charge is 0.365 e. The summed E-state index contributed by atoms with van der Waals surface area (Å²) in [6.45, 7) is 4.94. The van der Waals surface area contributed by atoms with Crippen LogP contribution in [0, 0.1) is 11.3 Å². The van der Waals surface area contributed by atoms with Crippen LogP contribution in [-0.4, -0.2) is 59.9 Å². The molecule has 4 heterocycles. The average Bonchev–Trinajstić information content (AvgIpc) is 3.34. The van der Waals surface area contributed by atoms with Gasteiger partial charge in [-0.25, -0.2) is 0 Å². The number of piperidine rings is 1. The van der Waals surface area contributed by atoms with Gasteiger partial charge in [0, 0.05) is 25.3 Å². The van der Waals surface area contributed by atoms with Gasteiger partial charge in [-0.1, -0.05) is 18.2 Å². The molecule has 3 aromatic heterocycles. The molecule has 4 rings (SSSR count). The van der Waals surface area contributed by atoms with E-state index in [1.807, 2.05) is 6.07 Å². The maximum Gasteiger partial charge on any atom is 0.246 e. The topological polar surface area (TPSA) is 140 Å². The van der Waals surface area contributed by atoms with Gasteiger partial charge >= 0.3 is 0 Å². The van der Waals surface area contributed by atoms with Crippen molar-refractivity contribution in [1.29, 1.82) is 5.26 Å². The van der Waals surface area contributed by atoms with Crippen LogP contribution in [0.4, 0.5) is 17.5 Å². The molecule has 1 atom stereocenters. The Labute approximate surface area is 176 Å². The fourth-order valence-electron chi connectivity index (χ4n) is 3.38. The molecule has 1 unspecified atom stereocenters. The first-order valence-electron chi connectivity index (χ1n) is 9.33. The van der Waals surface area contributed by atoms with Crippen LogP contribution < -0.4 is 10.6 Å². The highest BCUT2D eigenvalue weighted by Crippen LogP contribution is 2.29. The Morgan fingerprint density at radius 3 is 3.17 bits per heavy atom. The molecule has 0 bridgehead atoms. The maximum atomic E-state index is 12.0. The Hall–Kier alpha value is -3.65. The van der Waals surface area contributed by atoms with Crippen molar-refractivity contribution in [1.82, 2.24) is 34.8 Å². The highest BCUT2D eigenvalue weighted by Gasteiger charge is 2.24. The lowest BCUT2D eigenvalue weighted by atomic mass is 10.1. The molecule has 0 spiro atoms. The summed E-state index contributed by atoms with van der Waals surface area (Å²) in [6, 6.07) is 2.03. The lowest BCUT2D eigenvalue weighted by Gasteiger charge is -2.32. The number of nitrogens with one attached hydrogen (secondary N) is 3. The van der Waals surface area contributed by atoms with Gasteiger partial charge in [0.1, 0.15) is 22.9 Å². The second-order valence-corrected chi connectivity index (χ2v) is 7.19. The summed E-state index contributed by atoms with van der Waals surface area (Å²) in [5, 5.41) is 27.1. The number of carbonyl (C=O) groups is 1. The molecule has 30 heavy (non-hydrogen) atoms. The molecule has 1 amide bonds. The SMILES string of the molecule is C=CC(=O)N1CCCC(Nc2nc(Nc3cnn(CC#N)c3)nc3n[nH]c(Cl)c23)C1. The van der Waals surface area contributed by atoms with E-state index in [9.17, 15) is 4.79 Å². The zero-order valence-electron chi connectivity index (χ0n) is 16.0. The molecule has 0 radical (unpaired) electrons. The van der Waals surface area contributed by atoms with Gasteiger partial charge in [-0.2, -0.15) is 25.4 Å². The molecule has 3 N–H and O–H groups in total. The lowest BCUT2D eigenvalue weighted by molar-refractivity contribution is -0.127. The number of aromatic nitrogens is 6. The number of carbonyl (C=O) groups excluding carboxylic acids is 1. The number of hydrogen-bond acceptors (Lipinski definition) is 8. The number of H-pyrrole nitrogens is 1. The number of fused-ring (bicyclic) bond motifs is 1. The second-order valence-electron chi connectivity index (χ2n) is 6.81. The second kappa shape index (κ2) is 8.38. The van der Waals surface area contributed by atoms with Gasteiger partial charge < -0.3 is 15.5 Å². The van der Waals surface area contributed by atoms with Gasteiger partial charge in [0.25, 0.3) is 0 Å². The first-order chi connectivity index (χ1) is 14.6. The molecule has 11 nitrogen and oxygen atoms in total. The minimum absolute atomic E-state index is 0.00190. The van der Waals surface area contributed by atoms with E-state index in [1.54, 1.807) is 17.3 Å². The lowest BCUT2D eigenvalue weighted by Crippen LogP contribution is -2.44. The maximum absolute atomic E-state index is 12.0. The summed E-state index contributed by atoms with van der Waals surface area (Å²) in [6.07, 6.45) is 6.34. The molecule has 1 aliphatic rings. The summed E-state index contributed by atoms with van der Waals surface area (Å²) < 4.78 is 1.50. The number of rotatable bonds is 6. The number of nitriles is 1. The first kappa shape index (κ1) is 19.7. The number of likely N-dealkylation sites (tertiary alicyclic amines) is 1. The molecule has 0 saturated carbocycles. The van der Waals surface area contributed by atoms with Crippen LogP contribution >= 0.6 is 11.6 Å². The van der Waals surface area contributed by atoms with E-state index in [0.717, 1.165) is 12.8 Å². The van der Waals surface area contributed by atoms with Crippen LogP contribution in [0.2, 0.25) is 5.15 Å². The summed E-state index contributed by atoms with van der Waals surface area (Å²) in [7, 11) is 0. The van der Waals surface area contributed by atoms with E-state index in [4.69, 9.17) is 16.9 Å². The van der Waals surface area contributed by atoms with Gasteiger partial charge in [-0.05, 0) is 18.9 Å². The van der Waals surface area contributed by atoms with Crippen molar-refractivity contribution in [2.45, 2.75) is 25.4 Å². The summed E-state index contributed by atoms with van der Waals surface area (Å²) in [5.74, 6) is 0.732. The van der Waals surface area contributed by atoms with Gasteiger partial charge in [0.15, 0.2) is 5.65 Å². The van der Waals surface area contributed by atoms with Crippen LogP contribution in [0.5, 0.6) is 0 Å². The third kappa shape index (κ3) is 4.04. The zero-order chi connectivity index (χ0) is 21.1. The zero-order valence-corrected chi connectivity index (χ0v) is 16.7. The molecule has 154 valence electrons. The van der Waals surface area contributed by atoms with E-state index in [2.05, 4.69) is 42.5 Å². The molecule has 0 aromatic carbocycles. The predicted molar refractivity (Wildman–Crippen MR) is 111 cm³/mol. The van der Waals surface area contributed by atoms with Gasteiger partial charge in [0.2, 0.25) is 11.9 Å². The average molecular weight is 427 g/mol. The smallest absolute Gasteiger partial charge is 0.246 e. The molecule has 1 aliphatic heterocycles. The van der Waals surface area contributed by atoms with Crippen LogP contribution in [0.1, 0.15) is 12.8 Å². The van der Waals surface area contributed by atoms with Crippen molar-refractivity contribution in [2.75, 3.05) is 23.7 Å². The van der Waals surface area contributed by atoms with Crippen molar-refractivity contribution in [3.05, 3.63) is 30.2 Å². The van der Waals surface area contributed by atoms with Crippen LogP contribution in [0.15, 0.2) is 25.0 Å². The number of hydrogen-bond donors (Lipinski definition) is 3. The predicted octanol–water partition coefficient (Wildman–Crippen LogP) is 2.06. The van der Waals surface area contributed by atoms with Crippen LogP contribution in [0.3, 0.4) is 0 Å². The highest BCUT2D eigenvalue weighted by molar-refractivity contribution is 6.35. The van der Waals surface area contributed by atoms with Gasteiger partial charge in [-0.3, -0.25) is 14.6 Å². The van der Waals surface area contributed by atoms with E-state index in [1.165, 1.54) is 10.8 Å². The first-order valence-corrected chi connectivity index (χ1v) is 9.71. The monoisotopic (exact) mass is 426 g/mol. The molecule has 1 fully saturated rings.